The fourth-order valence-electron chi connectivity index (χ4n) is 1.76. The Balaban J connectivity index is 2.55. The molecule has 0 saturated carbocycles. The molecule has 0 bridgehead atoms. The topological polar surface area (TPSA) is 81.8 Å². The van der Waals surface area contributed by atoms with Gasteiger partial charge in [0.25, 0.3) is 0 Å². The van der Waals surface area contributed by atoms with Gasteiger partial charge in [-0.2, -0.15) is 0 Å². The van der Waals surface area contributed by atoms with Crippen LogP contribution < -0.4 is 15.2 Å². The summed E-state index contributed by atoms with van der Waals surface area (Å²) in [4.78, 5) is 11.0. The van der Waals surface area contributed by atoms with Crippen molar-refractivity contribution in [2.45, 2.75) is 5.92 Å². The summed E-state index contributed by atoms with van der Waals surface area (Å²) in [6.07, 6.45) is 0. The van der Waals surface area contributed by atoms with E-state index in [9.17, 15) is 9.18 Å². The molecule has 0 fully saturated rings. The van der Waals surface area contributed by atoms with E-state index in [4.69, 9.17) is 20.3 Å². The number of carboxylic acid groups (broad SMARTS) is 1. The van der Waals surface area contributed by atoms with Crippen molar-refractivity contribution in [1.82, 2.24) is 0 Å². The summed E-state index contributed by atoms with van der Waals surface area (Å²) in [5, 5.41) is 9.01. The van der Waals surface area contributed by atoms with Gasteiger partial charge < -0.3 is 20.3 Å². The molecule has 1 heterocycles. The number of carboxylic acids is 1. The number of halogens is 2. The zero-order valence-electron chi connectivity index (χ0n) is 9.28. The zero-order chi connectivity index (χ0) is 13.3. The van der Waals surface area contributed by atoms with Gasteiger partial charge in [-0.05, 0) is 22.0 Å². The first-order valence-electron chi connectivity index (χ1n) is 5.26. The lowest BCUT2D eigenvalue weighted by atomic mass is 9.98. The van der Waals surface area contributed by atoms with Crippen LogP contribution in [0.1, 0.15) is 11.5 Å². The fraction of sp³-hybridized carbons (Fsp3) is 0.364. The molecule has 2 rings (SSSR count). The van der Waals surface area contributed by atoms with Gasteiger partial charge in [0.2, 0.25) is 0 Å². The van der Waals surface area contributed by atoms with Crippen molar-refractivity contribution in [3.63, 3.8) is 0 Å². The number of hydrogen-bond donors (Lipinski definition) is 2. The molecular weight excluding hydrogens is 309 g/mol. The molecule has 18 heavy (non-hydrogen) atoms. The standard InChI is InChI=1S/C11H11BrFNO4/c12-8-9(13)5(6(4-14)11(15)16)3-7-10(8)18-2-1-17-7/h3,6H,1-2,4,14H2,(H,15,16). The van der Waals surface area contributed by atoms with Gasteiger partial charge in [0.05, 0.1) is 10.4 Å². The Morgan fingerprint density at radius 2 is 2.22 bits per heavy atom. The van der Waals surface area contributed by atoms with Crippen LogP contribution >= 0.6 is 15.9 Å². The van der Waals surface area contributed by atoms with E-state index in [-0.39, 0.29) is 22.3 Å². The van der Waals surface area contributed by atoms with Crippen LogP contribution in [0.4, 0.5) is 4.39 Å². The predicted molar refractivity (Wildman–Crippen MR) is 64.5 cm³/mol. The van der Waals surface area contributed by atoms with Crippen LogP contribution in [0.2, 0.25) is 0 Å². The Kier molecular flexibility index (Phi) is 3.72. The minimum absolute atomic E-state index is 0.0128. The third-order valence-corrected chi connectivity index (χ3v) is 3.36. The molecule has 1 atom stereocenters. The number of rotatable bonds is 3. The summed E-state index contributed by atoms with van der Waals surface area (Å²) in [7, 11) is 0. The molecular formula is C11H11BrFNO4. The average Bonchev–Trinajstić information content (AvgIpc) is 2.36. The van der Waals surface area contributed by atoms with Crippen molar-refractivity contribution in [2.75, 3.05) is 19.8 Å². The van der Waals surface area contributed by atoms with Crippen molar-refractivity contribution < 1.29 is 23.8 Å². The van der Waals surface area contributed by atoms with E-state index in [0.29, 0.717) is 19.0 Å². The van der Waals surface area contributed by atoms with E-state index in [2.05, 4.69) is 15.9 Å². The van der Waals surface area contributed by atoms with Crippen LogP contribution in [0.15, 0.2) is 10.5 Å². The van der Waals surface area contributed by atoms with Crippen molar-refractivity contribution in [2.24, 2.45) is 5.73 Å². The molecule has 7 heteroatoms. The predicted octanol–water partition coefficient (Wildman–Crippen LogP) is 1.49. The molecule has 98 valence electrons. The summed E-state index contributed by atoms with van der Waals surface area (Å²) in [6, 6.07) is 1.33. The van der Waals surface area contributed by atoms with Crippen molar-refractivity contribution >= 4 is 21.9 Å². The van der Waals surface area contributed by atoms with Gasteiger partial charge in [-0.25, -0.2) is 4.39 Å². The number of ether oxygens (including phenoxy) is 2. The van der Waals surface area contributed by atoms with Gasteiger partial charge in [0.1, 0.15) is 19.0 Å². The van der Waals surface area contributed by atoms with Gasteiger partial charge in [-0.1, -0.05) is 0 Å². The largest absolute Gasteiger partial charge is 0.486 e. The van der Waals surface area contributed by atoms with Gasteiger partial charge in [0.15, 0.2) is 11.5 Å². The van der Waals surface area contributed by atoms with Crippen LogP contribution in [0, 0.1) is 5.82 Å². The minimum Gasteiger partial charge on any atom is -0.486 e. The number of benzene rings is 1. The van der Waals surface area contributed by atoms with Crippen LogP contribution in [-0.4, -0.2) is 30.8 Å². The van der Waals surface area contributed by atoms with Gasteiger partial charge >= 0.3 is 5.97 Å². The highest BCUT2D eigenvalue weighted by Gasteiger charge is 2.28. The average molecular weight is 320 g/mol. The molecule has 3 N–H and O–H groups in total. The van der Waals surface area contributed by atoms with Crippen LogP contribution in [-0.2, 0) is 4.79 Å². The molecule has 1 unspecified atom stereocenters. The Morgan fingerprint density at radius 1 is 1.56 bits per heavy atom. The van der Waals surface area contributed by atoms with E-state index in [1.54, 1.807) is 0 Å². The maximum atomic E-state index is 14.1. The maximum absolute atomic E-state index is 14.1. The molecule has 1 aromatic carbocycles. The lowest BCUT2D eigenvalue weighted by Gasteiger charge is -2.22. The normalized spacial score (nSPS) is 15.3. The summed E-state index contributed by atoms with van der Waals surface area (Å²) >= 11 is 3.05. The Bertz CT molecular complexity index is 494. The number of fused-ring (bicyclic) bond motifs is 1. The van der Waals surface area contributed by atoms with Gasteiger partial charge in [-0.15, -0.1) is 0 Å². The molecule has 0 aromatic heterocycles. The lowest BCUT2D eigenvalue weighted by molar-refractivity contribution is -0.138. The number of carbonyl (C=O) groups is 1. The van der Waals surface area contributed by atoms with Crippen molar-refractivity contribution in [3.05, 3.63) is 21.9 Å². The van der Waals surface area contributed by atoms with Gasteiger partial charge in [-0.3, -0.25) is 4.79 Å². The Hall–Kier alpha value is -1.34. The van der Waals surface area contributed by atoms with E-state index in [1.807, 2.05) is 0 Å². The van der Waals surface area contributed by atoms with Crippen LogP contribution in [0.25, 0.3) is 0 Å². The molecule has 0 spiro atoms. The Labute approximate surface area is 111 Å². The van der Waals surface area contributed by atoms with Crippen molar-refractivity contribution in [3.8, 4) is 11.5 Å². The summed E-state index contributed by atoms with van der Waals surface area (Å²) in [5.74, 6) is -2.40. The van der Waals surface area contributed by atoms with E-state index in [1.165, 1.54) is 6.07 Å². The Morgan fingerprint density at radius 3 is 2.83 bits per heavy atom. The summed E-state index contributed by atoms with van der Waals surface area (Å²) in [6.45, 7) is 0.465. The molecule has 0 saturated heterocycles. The first-order chi connectivity index (χ1) is 8.56. The maximum Gasteiger partial charge on any atom is 0.312 e. The molecule has 1 aliphatic heterocycles. The van der Waals surface area contributed by atoms with E-state index in [0.717, 1.165) is 0 Å². The van der Waals surface area contributed by atoms with Crippen LogP contribution in [0.5, 0.6) is 11.5 Å². The van der Waals surface area contributed by atoms with Crippen LogP contribution in [0.3, 0.4) is 0 Å². The highest BCUT2D eigenvalue weighted by molar-refractivity contribution is 9.10. The zero-order valence-corrected chi connectivity index (χ0v) is 10.9. The second-order valence-corrected chi connectivity index (χ2v) is 4.54. The number of hydrogen-bond acceptors (Lipinski definition) is 4. The summed E-state index contributed by atoms with van der Waals surface area (Å²) < 4.78 is 24.7. The third kappa shape index (κ3) is 2.15. The van der Waals surface area contributed by atoms with E-state index < -0.39 is 17.7 Å². The van der Waals surface area contributed by atoms with Crippen molar-refractivity contribution in [1.29, 1.82) is 0 Å². The molecule has 5 nitrogen and oxygen atoms in total. The van der Waals surface area contributed by atoms with Gasteiger partial charge in [0, 0.05) is 12.1 Å². The monoisotopic (exact) mass is 319 g/mol. The SMILES string of the molecule is NCC(C(=O)O)c1cc2c(c(Br)c1F)OCCO2. The molecule has 0 aliphatic carbocycles. The molecule has 0 amide bonds. The van der Waals surface area contributed by atoms with E-state index >= 15 is 0 Å². The first-order valence-corrected chi connectivity index (χ1v) is 6.06. The molecule has 1 aliphatic rings. The minimum atomic E-state index is -1.18. The highest BCUT2D eigenvalue weighted by Crippen LogP contribution is 2.42. The first kappa shape index (κ1) is 13.1. The molecule has 1 aromatic rings. The molecule has 0 radical (unpaired) electrons. The second kappa shape index (κ2) is 5.11. The summed E-state index contributed by atoms with van der Waals surface area (Å²) in [5.41, 5.74) is 5.35. The lowest BCUT2D eigenvalue weighted by Crippen LogP contribution is -2.23. The smallest absolute Gasteiger partial charge is 0.312 e. The number of nitrogens with two attached hydrogens (primary N) is 1. The quantitative estimate of drug-likeness (QED) is 0.882. The number of aliphatic carboxylic acids is 1. The fourth-order valence-corrected chi connectivity index (χ4v) is 2.29. The third-order valence-electron chi connectivity index (χ3n) is 2.65. The second-order valence-electron chi connectivity index (χ2n) is 3.74. The highest BCUT2D eigenvalue weighted by atomic mass is 79.9.